The Balaban J connectivity index is 2.37. The van der Waals surface area contributed by atoms with Crippen molar-refractivity contribution in [1.29, 1.82) is 0 Å². The molecule has 12 heavy (non-hydrogen) atoms. The Morgan fingerprint density at radius 1 is 1.42 bits per heavy atom. The average Bonchev–Trinajstić information content (AvgIpc) is 2.17. The van der Waals surface area contributed by atoms with Crippen LogP contribution in [-0.4, -0.2) is 18.3 Å². The molecule has 1 atom stereocenters. The van der Waals surface area contributed by atoms with Gasteiger partial charge in [0.05, 0.1) is 13.2 Å². The van der Waals surface area contributed by atoms with Crippen molar-refractivity contribution in [3.63, 3.8) is 0 Å². The van der Waals surface area contributed by atoms with Crippen LogP contribution in [0.5, 0.6) is 0 Å². The Hall–Kier alpha value is -0.860. The summed E-state index contributed by atoms with van der Waals surface area (Å²) >= 11 is 0. The number of aliphatic hydroxyl groups excluding tert-OH is 1. The predicted molar refractivity (Wildman–Crippen MR) is 45.9 cm³/mol. The van der Waals surface area contributed by atoms with Crippen LogP contribution in [0.25, 0.3) is 0 Å². The zero-order chi connectivity index (χ0) is 8.39. The van der Waals surface area contributed by atoms with Crippen LogP contribution in [-0.2, 0) is 11.2 Å². The van der Waals surface area contributed by atoms with Crippen LogP contribution in [0.3, 0.4) is 0 Å². The Morgan fingerprint density at radius 2 is 2.25 bits per heavy atom. The lowest BCUT2D eigenvalue weighted by atomic mass is 9.98. The summed E-state index contributed by atoms with van der Waals surface area (Å²) in [7, 11) is 0. The van der Waals surface area contributed by atoms with Crippen molar-refractivity contribution in [2.45, 2.75) is 12.5 Å². The zero-order valence-corrected chi connectivity index (χ0v) is 6.86. The molecule has 0 saturated heterocycles. The number of aliphatic hydroxyl groups is 1. The van der Waals surface area contributed by atoms with Crippen molar-refractivity contribution in [2.24, 2.45) is 0 Å². The predicted octanol–water partition coefficient (Wildman–Crippen LogP) is 1.29. The Labute approximate surface area is 71.8 Å². The average molecular weight is 164 g/mol. The number of hydrogen-bond acceptors (Lipinski definition) is 2. The molecule has 1 aromatic rings. The molecule has 0 saturated carbocycles. The van der Waals surface area contributed by atoms with Crippen molar-refractivity contribution in [3.05, 3.63) is 35.4 Å². The van der Waals surface area contributed by atoms with Gasteiger partial charge in [0.1, 0.15) is 6.10 Å². The molecule has 1 aromatic carbocycles. The molecule has 0 bridgehead atoms. The Bertz CT molecular complexity index is 270. The lowest BCUT2D eigenvalue weighted by molar-refractivity contribution is 0.00318. The van der Waals surface area contributed by atoms with Gasteiger partial charge in [0.15, 0.2) is 0 Å². The highest BCUT2D eigenvalue weighted by Crippen LogP contribution is 2.25. The number of rotatable bonds is 1. The second-order valence-electron chi connectivity index (χ2n) is 2.99. The van der Waals surface area contributed by atoms with Gasteiger partial charge in [-0.2, -0.15) is 0 Å². The van der Waals surface area contributed by atoms with Crippen molar-refractivity contribution >= 4 is 0 Å². The van der Waals surface area contributed by atoms with Gasteiger partial charge in [0.2, 0.25) is 0 Å². The highest BCUT2D eigenvalue weighted by Gasteiger charge is 2.18. The number of ether oxygens (including phenoxy) is 1. The van der Waals surface area contributed by atoms with Gasteiger partial charge in [-0.15, -0.1) is 0 Å². The van der Waals surface area contributed by atoms with E-state index in [1.807, 2.05) is 18.2 Å². The molecule has 0 spiro atoms. The fourth-order valence-electron chi connectivity index (χ4n) is 1.63. The van der Waals surface area contributed by atoms with Gasteiger partial charge in [-0.25, -0.2) is 0 Å². The molecule has 1 heterocycles. The maximum Gasteiger partial charge on any atom is 0.106 e. The van der Waals surface area contributed by atoms with E-state index in [1.54, 1.807) is 0 Å². The molecule has 0 aliphatic carbocycles. The first-order valence-electron chi connectivity index (χ1n) is 4.22. The fourth-order valence-corrected chi connectivity index (χ4v) is 1.63. The van der Waals surface area contributed by atoms with E-state index in [1.165, 1.54) is 5.56 Å². The zero-order valence-electron chi connectivity index (χ0n) is 6.86. The lowest BCUT2D eigenvalue weighted by Crippen LogP contribution is -2.18. The summed E-state index contributed by atoms with van der Waals surface area (Å²) in [4.78, 5) is 0. The highest BCUT2D eigenvalue weighted by atomic mass is 16.5. The summed E-state index contributed by atoms with van der Waals surface area (Å²) in [6, 6.07) is 8.13. The number of benzene rings is 1. The van der Waals surface area contributed by atoms with Crippen molar-refractivity contribution < 1.29 is 9.84 Å². The summed E-state index contributed by atoms with van der Waals surface area (Å²) in [5.74, 6) is 0. The molecule has 0 aromatic heterocycles. The SMILES string of the molecule is OC[C@@H]1OCCc2ccccc21. The van der Waals surface area contributed by atoms with Crippen LogP contribution >= 0.6 is 0 Å². The molecule has 1 aliphatic heterocycles. The minimum absolute atomic E-state index is 0.0804. The molecular formula is C10H12O2. The maximum atomic E-state index is 9.01. The van der Waals surface area contributed by atoms with Gasteiger partial charge in [-0.1, -0.05) is 24.3 Å². The highest BCUT2D eigenvalue weighted by molar-refractivity contribution is 5.30. The third-order valence-corrected chi connectivity index (χ3v) is 2.26. The van der Waals surface area contributed by atoms with Gasteiger partial charge in [-0.3, -0.25) is 0 Å². The first kappa shape index (κ1) is 7.77. The third kappa shape index (κ3) is 1.24. The first-order chi connectivity index (χ1) is 5.92. The first-order valence-corrected chi connectivity index (χ1v) is 4.22. The molecular weight excluding hydrogens is 152 g/mol. The molecule has 0 fully saturated rings. The van der Waals surface area contributed by atoms with Gasteiger partial charge in [0.25, 0.3) is 0 Å². The second kappa shape index (κ2) is 3.25. The van der Waals surface area contributed by atoms with Crippen LogP contribution in [0.4, 0.5) is 0 Å². The van der Waals surface area contributed by atoms with Crippen LogP contribution in [0, 0.1) is 0 Å². The Kier molecular flexibility index (Phi) is 2.11. The molecule has 2 nitrogen and oxygen atoms in total. The molecule has 1 N–H and O–H groups in total. The van der Waals surface area contributed by atoms with E-state index in [0.29, 0.717) is 0 Å². The molecule has 2 heteroatoms. The molecule has 2 rings (SSSR count). The van der Waals surface area contributed by atoms with Gasteiger partial charge in [-0.05, 0) is 17.5 Å². The van der Waals surface area contributed by atoms with Gasteiger partial charge in [0, 0.05) is 0 Å². The van der Waals surface area contributed by atoms with Crippen molar-refractivity contribution in [2.75, 3.05) is 13.2 Å². The van der Waals surface area contributed by atoms with E-state index in [9.17, 15) is 0 Å². The largest absolute Gasteiger partial charge is 0.393 e. The summed E-state index contributed by atoms with van der Waals surface area (Å²) in [6.07, 6.45) is 0.863. The smallest absolute Gasteiger partial charge is 0.106 e. The van der Waals surface area contributed by atoms with E-state index >= 15 is 0 Å². The fraction of sp³-hybridized carbons (Fsp3) is 0.400. The molecule has 1 aliphatic rings. The third-order valence-electron chi connectivity index (χ3n) is 2.26. The van der Waals surface area contributed by atoms with Crippen molar-refractivity contribution in [1.82, 2.24) is 0 Å². The van der Waals surface area contributed by atoms with Crippen molar-refractivity contribution in [3.8, 4) is 0 Å². The van der Waals surface area contributed by atoms with E-state index in [2.05, 4.69) is 6.07 Å². The normalized spacial score (nSPS) is 21.9. The van der Waals surface area contributed by atoms with Crippen LogP contribution in [0.2, 0.25) is 0 Å². The van der Waals surface area contributed by atoms with E-state index < -0.39 is 0 Å². The topological polar surface area (TPSA) is 29.5 Å². The monoisotopic (exact) mass is 164 g/mol. The molecule has 0 unspecified atom stereocenters. The summed E-state index contributed by atoms with van der Waals surface area (Å²) in [5, 5.41) is 9.01. The Morgan fingerprint density at radius 3 is 3.08 bits per heavy atom. The van der Waals surface area contributed by atoms with Crippen LogP contribution in [0.1, 0.15) is 17.2 Å². The maximum absolute atomic E-state index is 9.01. The van der Waals surface area contributed by atoms with E-state index in [4.69, 9.17) is 9.84 Å². The second-order valence-corrected chi connectivity index (χ2v) is 2.99. The van der Waals surface area contributed by atoms with Gasteiger partial charge >= 0.3 is 0 Å². The van der Waals surface area contributed by atoms with E-state index in [0.717, 1.165) is 18.6 Å². The standard InChI is InChI=1S/C10H12O2/c11-7-10-9-4-2-1-3-8(9)5-6-12-10/h1-4,10-11H,5-7H2/t10-/m0/s1. The minimum atomic E-state index is -0.102. The van der Waals surface area contributed by atoms with Crippen LogP contribution in [0.15, 0.2) is 24.3 Å². The quantitative estimate of drug-likeness (QED) is 0.677. The van der Waals surface area contributed by atoms with E-state index in [-0.39, 0.29) is 12.7 Å². The number of fused-ring (bicyclic) bond motifs is 1. The summed E-state index contributed by atoms with van der Waals surface area (Å²) in [6.45, 7) is 0.805. The van der Waals surface area contributed by atoms with Crippen LogP contribution < -0.4 is 0 Å². The van der Waals surface area contributed by atoms with Gasteiger partial charge < -0.3 is 9.84 Å². The summed E-state index contributed by atoms with van der Waals surface area (Å²) in [5.41, 5.74) is 2.45. The molecule has 0 radical (unpaired) electrons. The lowest BCUT2D eigenvalue weighted by Gasteiger charge is -2.24. The molecule has 64 valence electrons. The number of hydrogen-bond donors (Lipinski definition) is 1. The molecule has 0 amide bonds. The summed E-state index contributed by atoms with van der Waals surface area (Å²) < 4.78 is 5.40. The minimum Gasteiger partial charge on any atom is -0.393 e.